The molecule has 108 valence electrons. The van der Waals surface area contributed by atoms with Gasteiger partial charge in [0.25, 0.3) is 0 Å². The number of carbonyl (C=O) groups excluding carboxylic acids is 1. The molecule has 0 bridgehead atoms. The monoisotopic (exact) mass is 298 g/mol. The molecule has 1 fully saturated rings. The Labute approximate surface area is 121 Å². The zero-order valence-corrected chi connectivity index (χ0v) is 11.7. The van der Waals surface area contributed by atoms with Crippen molar-refractivity contribution in [1.29, 1.82) is 0 Å². The minimum atomic E-state index is -0.711. The Balaban J connectivity index is 1.97. The first-order valence-corrected chi connectivity index (χ1v) is 6.91. The Morgan fingerprint density at radius 1 is 1.40 bits per heavy atom. The Morgan fingerprint density at radius 3 is 2.80 bits per heavy atom. The van der Waals surface area contributed by atoms with E-state index >= 15 is 0 Å². The SMILES string of the molecule is NC(=S)C1CCCC1NC(=O)Cc1ccc(F)cc1F. The van der Waals surface area contributed by atoms with Crippen LogP contribution in [0.15, 0.2) is 18.2 Å². The van der Waals surface area contributed by atoms with E-state index < -0.39 is 11.6 Å². The third-order valence-electron chi connectivity index (χ3n) is 3.59. The molecule has 1 saturated carbocycles. The van der Waals surface area contributed by atoms with Gasteiger partial charge in [-0.25, -0.2) is 8.78 Å². The van der Waals surface area contributed by atoms with Crippen molar-refractivity contribution < 1.29 is 13.6 Å². The van der Waals surface area contributed by atoms with Crippen molar-refractivity contribution in [2.75, 3.05) is 0 Å². The Kier molecular flexibility index (Phi) is 4.65. The maximum absolute atomic E-state index is 13.5. The summed E-state index contributed by atoms with van der Waals surface area (Å²) in [7, 11) is 0. The first-order chi connectivity index (χ1) is 9.47. The van der Waals surface area contributed by atoms with Crippen molar-refractivity contribution >= 4 is 23.1 Å². The number of benzene rings is 1. The molecule has 1 aliphatic rings. The minimum Gasteiger partial charge on any atom is -0.393 e. The molecule has 0 aromatic heterocycles. The number of hydrogen-bond donors (Lipinski definition) is 2. The summed E-state index contributed by atoms with van der Waals surface area (Å²) in [6, 6.07) is 3.11. The zero-order valence-electron chi connectivity index (χ0n) is 10.9. The summed E-state index contributed by atoms with van der Waals surface area (Å²) >= 11 is 4.97. The normalized spacial score (nSPS) is 21.7. The molecule has 0 heterocycles. The highest BCUT2D eigenvalue weighted by atomic mass is 32.1. The highest BCUT2D eigenvalue weighted by Crippen LogP contribution is 2.26. The van der Waals surface area contributed by atoms with E-state index in [4.69, 9.17) is 18.0 Å². The van der Waals surface area contributed by atoms with E-state index in [9.17, 15) is 13.6 Å². The molecule has 2 rings (SSSR count). The predicted octanol–water partition coefficient (Wildman–Crippen LogP) is 2.08. The third kappa shape index (κ3) is 3.50. The summed E-state index contributed by atoms with van der Waals surface area (Å²) < 4.78 is 26.3. The van der Waals surface area contributed by atoms with Crippen molar-refractivity contribution in [1.82, 2.24) is 5.32 Å². The highest BCUT2D eigenvalue weighted by Gasteiger charge is 2.30. The molecule has 2 unspecified atom stereocenters. The minimum absolute atomic E-state index is 0.00650. The van der Waals surface area contributed by atoms with Crippen molar-refractivity contribution in [3.63, 3.8) is 0 Å². The fourth-order valence-electron chi connectivity index (χ4n) is 2.57. The van der Waals surface area contributed by atoms with Crippen LogP contribution in [-0.2, 0) is 11.2 Å². The lowest BCUT2D eigenvalue weighted by Gasteiger charge is -2.20. The number of nitrogens with two attached hydrogens (primary N) is 1. The van der Waals surface area contributed by atoms with Crippen LogP contribution in [0.1, 0.15) is 24.8 Å². The van der Waals surface area contributed by atoms with Crippen molar-refractivity contribution in [2.45, 2.75) is 31.7 Å². The van der Waals surface area contributed by atoms with Crippen molar-refractivity contribution in [3.05, 3.63) is 35.4 Å². The number of carbonyl (C=O) groups is 1. The average molecular weight is 298 g/mol. The maximum atomic E-state index is 13.5. The largest absolute Gasteiger partial charge is 0.393 e. The second kappa shape index (κ2) is 6.26. The first kappa shape index (κ1) is 14.8. The van der Waals surface area contributed by atoms with Gasteiger partial charge in [-0.2, -0.15) is 0 Å². The Morgan fingerprint density at radius 2 is 2.15 bits per heavy atom. The number of nitrogens with one attached hydrogen (secondary N) is 1. The molecule has 2 atom stereocenters. The topological polar surface area (TPSA) is 55.1 Å². The third-order valence-corrected chi connectivity index (χ3v) is 3.90. The molecular weight excluding hydrogens is 282 g/mol. The summed E-state index contributed by atoms with van der Waals surface area (Å²) in [6.45, 7) is 0. The average Bonchev–Trinajstić information content (AvgIpc) is 2.81. The van der Waals surface area contributed by atoms with Gasteiger partial charge in [-0.1, -0.05) is 24.7 Å². The number of rotatable bonds is 4. The fourth-order valence-corrected chi connectivity index (χ4v) is 2.85. The molecule has 0 spiro atoms. The predicted molar refractivity (Wildman–Crippen MR) is 76.1 cm³/mol. The summed E-state index contributed by atoms with van der Waals surface area (Å²) in [5, 5.41) is 2.83. The van der Waals surface area contributed by atoms with Gasteiger partial charge in [0.15, 0.2) is 0 Å². The van der Waals surface area contributed by atoms with Gasteiger partial charge in [-0.15, -0.1) is 0 Å². The fraction of sp³-hybridized carbons (Fsp3) is 0.429. The molecule has 3 nitrogen and oxygen atoms in total. The number of thiocarbonyl (C=S) groups is 1. The zero-order chi connectivity index (χ0) is 14.7. The van der Waals surface area contributed by atoms with Gasteiger partial charge in [-0.3, -0.25) is 4.79 Å². The molecule has 1 aromatic carbocycles. The summed E-state index contributed by atoms with van der Waals surface area (Å²) in [6.07, 6.45) is 2.52. The van der Waals surface area contributed by atoms with Crippen LogP contribution in [0.2, 0.25) is 0 Å². The molecule has 1 amide bonds. The molecule has 1 aromatic rings. The number of hydrogen-bond acceptors (Lipinski definition) is 2. The lowest BCUT2D eigenvalue weighted by atomic mass is 10.0. The van der Waals surface area contributed by atoms with Crippen LogP contribution in [0.5, 0.6) is 0 Å². The van der Waals surface area contributed by atoms with E-state index in [-0.39, 0.29) is 29.9 Å². The van der Waals surface area contributed by atoms with Crippen LogP contribution >= 0.6 is 12.2 Å². The summed E-state index contributed by atoms with van der Waals surface area (Å²) in [4.78, 5) is 12.3. The molecule has 3 N–H and O–H groups in total. The van der Waals surface area contributed by atoms with Crippen molar-refractivity contribution in [3.8, 4) is 0 Å². The van der Waals surface area contributed by atoms with Crippen LogP contribution < -0.4 is 11.1 Å². The second-order valence-electron chi connectivity index (χ2n) is 5.03. The molecule has 0 radical (unpaired) electrons. The highest BCUT2D eigenvalue weighted by molar-refractivity contribution is 7.80. The molecule has 0 saturated heterocycles. The first-order valence-electron chi connectivity index (χ1n) is 6.50. The lowest BCUT2D eigenvalue weighted by molar-refractivity contribution is -0.121. The van der Waals surface area contributed by atoms with Gasteiger partial charge in [-0.05, 0) is 24.5 Å². The van der Waals surface area contributed by atoms with Gasteiger partial charge >= 0.3 is 0 Å². The van der Waals surface area contributed by atoms with Crippen LogP contribution in [0, 0.1) is 17.6 Å². The van der Waals surface area contributed by atoms with Crippen LogP contribution in [-0.4, -0.2) is 16.9 Å². The molecule has 1 aliphatic carbocycles. The Hall–Kier alpha value is -1.56. The van der Waals surface area contributed by atoms with Gasteiger partial charge in [0, 0.05) is 18.0 Å². The smallest absolute Gasteiger partial charge is 0.224 e. The number of amides is 1. The molecule has 0 aliphatic heterocycles. The van der Waals surface area contributed by atoms with Crippen LogP contribution in [0.25, 0.3) is 0 Å². The molecular formula is C14H16F2N2OS. The van der Waals surface area contributed by atoms with Gasteiger partial charge in [0.05, 0.1) is 11.4 Å². The van der Waals surface area contributed by atoms with E-state index in [1.165, 1.54) is 6.07 Å². The summed E-state index contributed by atoms with van der Waals surface area (Å²) in [5.74, 6) is -1.66. The van der Waals surface area contributed by atoms with E-state index in [1.807, 2.05) is 0 Å². The van der Waals surface area contributed by atoms with Crippen molar-refractivity contribution in [2.24, 2.45) is 11.7 Å². The van der Waals surface area contributed by atoms with Crippen LogP contribution in [0.4, 0.5) is 8.78 Å². The van der Waals surface area contributed by atoms with Gasteiger partial charge in [0.2, 0.25) is 5.91 Å². The lowest BCUT2D eigenvalue weighted by Crippen LogP contribution is -2.42. The van der Waals surface area contributed by atoms with E-state index in [2.05, 4.69) is 5.32 Å². The number of halogens is 2. The standard InChI is InChI=1S/C14H16F2N2OS/c15-9-5-4-8(11(16)7-9)6-13(19)18-12-3-1-2-10(12)14(17)20/h4-5,7,10,12H,1-3,6H2,(H2,17,20)(H,18,19). The van der Waals surface area contributed by atoms with Gasteiger partial charge < -0.3 is 11.1 Å². The Bertz CT molecular complexity index is 536. The second-order valence-corrected chi connectivity index (χ2v) is 5.50. The van der Waals surface area contributed by atoms with E-state index in [1.54, 1.807) is 0 Å². The van der Waals surface area contributed by atoms with Crippen LogP contribution in [0.3, 0.4) is 0 Å². The molecule has 20 heavy (non-hydrogen) atoms. The maximum Gasteiger partial charge on any atom is 0.224 e. The summed E-state index contributed by atoms with van der Waals surface area (Å²) in [5.41, 5.74) is 5.81. The van der Waals surface area contributed by atoms with Gasteiger partial charge in [0.1, 0.15) is 11.6 Å². The quantitative estimate of drug-likeness (QED) is 0.837. The van der Waals surface area contributed by atoms with E-state index in [0.717, 1.165) is 31.4 Å². The molecule has 6 heteroatoms. The van der Waals surface area contributed by atoms with E-state index in [0.29, 0.717) is 4.99 Å².